The summed E-state index contributed by atoms with van der Waals surface area (Å²) in [6, 6.07) is 0.346. The van der Waals surface area contributed by atoms with E-state index in [1.165, 1.54) is 58.3 Å². The summed E-state index contributed by atoms with van der Waals surface area (Å²) in [7, 11) is 4.13. The van der Waals surface area contributed by atoms with Gasteiger partial charge < -0.3 is 15.5 Å². The first kappa shape index (κ1) is 21.6. The van der Waals surface area contributed by atoms with Gasteiger partial charge in [-0.15, -0.1) is 0 Å². The van der Waals surface area contributed by atoms with Crippen LogP contribution in [-0.4, -0.2) is 88.9 Å². The van der Waals surface area contributed by atoms with Gasteiger partial charge in [-0.1, -0.05) is 13.3 Å². The second kappa shape index (κ2) is 9.64. The summed E-state index contributed by atoms with van der Waals surface area (Å²) in [4.78, 5) is 14.4. The van der Waals surface area contributed by atoms with Crippen molar-refractivity contribution < 1.29 is 0 Å². The van der Waals surface area contributed by atoms with E-state index in [2.05, 4.69) is 54.2 Å². The van der Waals surface area contributed by atoms with Gasteiger partial charge >= 0.3 is 0 Å². The largest absolute Gasteiger partial charge is 0.355 e. The van der Waals surface area contributed by atoms with Gasteiger partial charge in [0.15, 0.2) is 11.8 Å². The van der Waals surface area contributed by atoms with Crippen LogP contribution < -0.4 is 10.6 Å². The molecule has 0 saturated carbocycles. The van der Waals surface area contributed by atoms with E-state index in [9.17, 15) is 0 Å². The zero-order valence-corrected chi connectivity index (χ0v) is 19.2. The van der Waals surface area contributed by atoms with Crippen molar-refractivity contribution in [3.8, 4) is 0 Å². The Morgan fingerprint density at radius 3 is 2.63 bits per heavy atom. The summed E-state index contributed by atoms with van der Waals surface area (Å²) >= 11 is 0. The van der Waals surface area contributed by atoms with E-state index in [1.54, 1.807) is 0 Å². The Labute approximate surface area is 181 Å². The van der Waals surface area contributed by atoms with E-state index in [-0.39, 0.29) is 5.54 Å². The Morgan fingerprint density at radius 2 is 1.93 bits per heavy atom. The van der Waals surface area contributed by atoms with Gasteiger partial charge in [0.1, 0.15) is 5.82 Å². The van der Waals surface area contributed by atoms with Crippen molar-refractivity contribution in [1.82, 2.24) is 35.2 Å². The molecule has 1 unspecified atom stereocenters. The first-order valence-electron chi connectivity index (χ1n) is 12.0. The first-order chi connectivity index (χ1) is 14.6. The summed E-state index contributed by atoms with van der Waals surface area (Å²) in [5, 5.41) is 12.0. The molecule has 2 fully saturated rings. The number of nitrogens with zero attached hydrogens (tertiary/aromatic N) is 6. The maximum absolute atomic E-state index is 4.65. The van der Waals surface area contributed by atoms with E-state index in [0.717, 1.165) is 50.0 Å². The molecule has 2 N–H and O–H groups in total. The Hall–Kier alpha value is -1.67. The van der Waals surface area contributed by atoms with Crippen LogP contribution in [0.3, 0.4) is 0 Å². The zero-order valence-electron chi connectivity index (χ0n) is 19.2. The topological polar surface area (TPSA) is 73.6 Å². The third-order valence-electron chi connectivity index (χ3n) is 7.31. The Kier molecular flexibility index (Phi) is 6.93. The van der Waals surface area contributed by atoms with Crippen LogP contribution in [0.15, 0.2) is 4.99 Å². The number of hydrogen-bond donors (Lipinski definition) is 2. The van der Waals surface area contributed by atoms with Crippen LogP contribution >= 0.6 is 0 Å². The molecular weight excluding hydrogens is 376 g/mol. The van der Waals surface area contributed by atoms with Gasteiger partial charge in [0.05, 0.1) is 6.54 Å². The van der Waals surface area contributed by atoms with Gasteiger partial charge in [-0.25, -0.2) is 9.67 Å². The standard InChI is InChI=1S/C22H40N8/c1-4-19-26-20-9-8-18(16-30(20)27-19)25-21(23-2)24-17-22(10-14-28(3)15-11-22)29-12-6-5-7-13-29/h18H,4-17H2,1-3H3,(H2,23,24,25). The van der Waals surface area contributed by atoms with Gasteiger partial charge in [0, 0.05) is 38.0 Å². The van der Waals surface area contributed by atoms with Crippen LogP contribution in [0.1, 0.15) is 57.1 Å². The number of aromatic nitrogens is 3. The molecule has 1 aromatic heterocycles. The molecule has 0 aromatic carbocycles. The molecular formula is C22H40N8. The predicted octanol–water partition coefficient (Wildman–Crippen LogP) is 1.27. The normalized spacial score (nSPS) is 25.7. The fraction of sp³-hybridized carbons (Fsp3) is 0.864. The number of hydrogen-bond acceptors (Lipinski definition) is 5. The molecule has 2 saturated heterocycles. The number of nitrogens with one attached hydrogen (secondary N) is 2. The summed E-state index contributed by atoms with van der Waals surface area (Å²) in [5.74, 6) is 3.01. The third-order valence-corrected chi connectivity index (χ3v) is 7.31. The van der Waals surface area contributed by atoms with E-state index >= 15 is 0 Å². The lowest BCUT2D eigenvalue weighted by Crippen LogP contribution is -2.62. The highest BCUT2D eigenvalue weighted by Gasteiger charge is 2.39. The average molecular weight is 417 g/mol. The van der Waals surface area contributed by atoms with Crippen LogP contribution in [0.4, 0.5) is 0 Å². The van der Waals surface area contributed by atoms with Crippen LogP contribution in [0.2, 0.25) is 0 Å². The lowest BCUT2D eigenvalue weighted by Gasteiger charge is -2.50. The van der Waals surface area contributed by atoms with Gasteiger partial charge in [-0.2, -0.15) is 5.10 Å². The molecule has 3 aliphatic heterocycles. The summed E-state index contributed by atoms with van der Waals surface area (Å²) < 4.78 is 2.08. The number of aryl methyl sites for hydroxylation is 2. The smallest absolute Gasteiger partial charge is 0.191 e. The maximum atomic E-state index is 4.65. The Bertz CT molecular complexity index is 713. The van der Waals surface area contributed by atoms with E-state index in [1.807, 2.05) is 7.05 Å². The van der Waals surface area contributed by atoms with Crippen LogP contribution in [-0.2, 0) is 19.4 Å². The summed E-state index contributed by atoms with van der Waals surface area (Å²) in [5.41, 5.74) is 0.256. The van der Waals surface area contributed by atoms with Crippen molar-refractivity contribution in [1.29, 1.82) is 0 Å². The quantitative estimate of drug-likeness (QED) is 0.556. The molecule has 168 valence electrons. The van der Waals surface area contributed by atoms with Crippen molar-refractivity contribution in [2.75, 3.05) is 46.8 Å². The maximum Gasteiger partial charge on any atom is 0.191 e. The lowest BCUT2D eigenvalue weighted by molar-refractivity contribution is 0.0172. The van der Waals surface area contributed by atoms with Crippen LogP contribution in [0.5, 0.6) is 0 Å². The van der Waals surface area contributed by atoms with Crippen molar-refractivity contribution in [3.63, 3.8) is 0 Å². The lowest BCUT2D eigenvalue weighted by atomic mass is 9.84. The minimum Gasteiger partial charge on any atom is -0.355 e. The molecule has 1 atom stereocenters. The number of fused-ring (bicyclic) bond motifs is 1. The summed E-state index contributed by atoms with van der Waals surface area (Å²) in [6.07, 6.45) is 9.48. The minimum absolute atomic E-state index is 0.256. The number of piperidine rings is 2. The molecule has 0 amide bonds. The monoisotopic (exact) mass is 416 g/mol. The van der Waals surface area contributed by atoms with Gasteiger partial charge in [-0.3, -0.25) is 9.89 Å². The number of aliphatic imine (C=N–C) groups is 1. The molecule has 8 nitrogen and oxygen atoms in total. The second-order valence-electron chi connectivity index (χ2n) is 9.36. The molecule has 8 heteroatoms. The number of likely N-dealkylation sites (tertiary alicyclic amines) is 2. The van der Waals surface area contributed by atoms with Crippen molar-refractivity contribution in [3.05, 3.63) is 11.6 Å². The highest BCUT2D eigenvalue weighted by atomic mass is 15.4. The van der Waals surface area contributed by atoms with Crippen molar-refractivity contribution in [2.24, 2.45) is 4.99 Å². The molecule has 0 aliphatic carbocycles. The highest BCUT2D eigenvalue weighted by molar-refractivity contribution is 5.80. The molecule has 0 spiro atoms. The third kappa shape index (κ3) is 4.80. The van der Waals surface area contributed by atoms with E-state index < -0.39 is 0 Å². The Morgan fingerprint density at radius 1 is 1.17 bits per heavy atom. The van der Waals surface area contributed by atoms with Gasteiger partial charge in [0.25, 0.3) is 0 Å². The van der Waals surface area contributed by atoms with Crippen LogP contribution in [0, 0.1) is 0 Å². The molecule has 0 bridgehead atoms. The van der Waals surface area contributed by atoms with E-state index in [4.69, 9.17) is 0 Å². The van der Waals surface area contributed by atoms with Gasteiger partial charge in [0.2, 0.25) is 0 Å². The first-order valence-corrected chi connectivity index (χ1v) is 12.0. The molecule has 0 radical (unpaired) electrons. The molecule has 4 rings (SSSR count). The SMILES string of the molecule is CCc1nc2n(n1)CC(NC(=NC)NCC1(N3CCCCC3)CCN(C)CC1)CC2. The zero-order chi connectivity index (χ0) is 21.0. The number of rotatable bonds is 5. The predicted molar refractivity (Wildman–Crippen MR) is 121 cm³/mol. The van der Waals surface area contributed by atoms with E-state index in [0.29, 0.717) is 6.04 Å². The average Bonchev–Trinajstić information content (AvgIpc) is 3.21. The molecule has 30 heavy (non-hydrogen) atoms. The van der Waals surface area contributed by atoms with Crippen LogP contribution in [0.25, 0.3) is 0 Å². The minimum atomic E-state index is 0.256. The molecule has 3 aliphatic rings. The second-order valence-corrected chi connectivity index (χ2v) is 9.36. The van der Waals surface area contributed by atoms with Gasteiger partial charge in [-0.05, 0) is 65.3 Å². The Balaban J connectivity index is 1.36. The van der Waals surface area contributed by atoms with Crippen molar-refractivity contribution in [2.45, 2.75) is 76.4 Å². The number of guanidine groups is 1. The molecule has 4 heterocycles. The fourth-order valence-corrected chi connectivity index (χ4v) is 5.27. The fourth-order valence-electron chi connectivity index (χ4n) is 5.27. The summed E-state index contributed by atoms with van der Waals surface area (Å²) in [6.45, 7) is 8.81. The van der Waals surface area contributed by atoms with Crippen molar-refractivity contribution >= 4 is 5.96 Å². The highest BCUT2D eigenvalue weighted by Crippen LogP contribution is 2.30. The molecule has 1 aromatic rings.